The van der Waals surface area contributed by atoms with Crippen molar-refractivity contribution in [1.82, 2.24) is 15.1 Å². The first-order valence-corrected chi connectivity index (χ1v) is 8.05. The van der Waals surface area contributed by atoms with Crippen LogP contribution in [0.3, 0.4) is 0 Å². The lowest BCUT2D eigenvalue weighted by atomic mass is 10.0. The predicted molar refractivity (Wildman–Crippen MR) is 98.0 cm³/mol. The third-order valence-electron chi connectivity index (χ3n) is 4.49. The first kappa shape index (κ1) is 21.0. The molecule has 0 spiro atoms. The minimum atomic E-state index is -0.331. The van der Waals surface area contributed by atoms with Crippen LogP contribution in [0.15, 0.2) is 12.4 Å². The van der Waals surface area contributed by atoms with Crippen LogP contribution in [0.1, 0.15) is 25.7 Å². The Balaban J connectivity index is 0.00000144. The van der Waals surface area contributed by atoms with Crippen LogP contribution in [0.4, 0.5) is 5.69 Å². The average Bonchev–Trinajstić information content (AvgIpc) is 3.16. The fraction of sp³-hybridized carbons (Fsp3) is 0.733. The molecule has 2 fully saturated rings. The fourth-order valence-corrected chi connectivity index (χ4v) is 3.27. The molecular weight excluding hydrogens is 353 g/mol. The summed E-state index contributed by atoms with van der Waals surface area (Å²) in [7, 11) is 1.91. The van der Waals surface area contributed by atoms with Gasteiger partial charge in [0.05, 0.1) is 18.0 Å². The second kappa shape index (κ2) is 9.46. The van der Waals surface area contributed by atoms with E-state index in [1.165, 1.54) is 0 Å². The lowest BCUT2D eigenvalue weighted by Crippen LogP contribution is -2.50. The molecule has 1 amide bonds. The van der Waals surface area contributed by atoms with Crippen LogP contribution in [-0.4, -0.2) is 53.6 Å². The summed E-state index contributed by atoms with van der Waals surface area (Å²) in [5, 5.41) is 7.35. The van der Waals surface area contributed by atoms with Gasteiger partial charge in [0.1, 0.15) is 6.10 Å². The molecule has 0 saturated carbocycles. The lowest BCUT2D eigenvalue weighted by molar-refractivity contribution is -0.132. The molecule has 0 radical (unpaired) electrons. The standard InChI is InChI=1S/C15H25N5O2.2ClH/c1-19-10-12(8-17-19)20-6-2-3-11(9-20)18-15(21)14-5-4-13(7-16)22-14;;/h8,10-11,13-14H,2-7,9,16H2,1H3,(H,18,21);2*1H/t11?,13-,14+;;/m1../s1. The number of aromatic nitrogens is 2. The number of ether oxygens (including phenoxy) is 1. The summed E-state index contributed by atoms with van der Waals surface area (Å²) in [6, 6.07) is 0.169. The first-order chi connectivity index (χ1) is 10.7. The zero-order valence-corrected chi connectivity index (χ0v) is 15.5. The summed E-state index contributed by atoms with van der Waals surface area (Å²) in [6.07, 6.45) is 7.31. The molecule has 2 aliphatic rings. The van der Waals surface area contributed by atoms with E-state index in [4.69, 9.17) is 10.5 Å². The number of hydrogen-bond donors (Lipinski definition) is 2. The Kier molecular flexibility index (Phi) is 8.29. The third-order valence-corrected chi connectivity index (χ3v) is 4.49. The molecule has 0 aliphatic carbocycles. The van der Waals surface area contributed by atoms with E-state index in [1.807, 2.05) is 19.4 Å². The van der Waals surface area contributed by atoms with Crippen LogP contribution in [-0.2, 0) is 16.6 Å². The van der Waals surface area contributed by atoms with Crippen LogP contribution in [0.2, 0.25) is 0 Å². The van der Waals surface area contributed by atoms with Crippen molar-refractivity contribution in [2.45, 2.75) is 43.9 Å². The highest BCUT2D eigenvalue weighted by Gasteiger charge is 2.32. The highest BCUT2D eigenvalue weighted by atomic mass is 35.5. The summed E-state index contributed by atoms with van der Waals surface area (Å²) in [6.45, 7) is 2.32. The summed E-state index contributed by atoms with van der Waals surface area (Å²) in [5.74, 6) is 0.00832. The number of rotatable bonds is 4. The number of carbonyl (C=O) groups excluding carboxylic acids is 1. The normalized spacial score (nSPS) is 26.4. The maximum Gasteiger partial charge on any atom is 0.249 e. The Labute approximate surface area is 155 Å². The molecule has 1 unspecified atom stereocenters. The highest BCUT2D eigenvalue weighted by molar-refractivity contribution is 5.85. The number of aryl methyl sites for hydroxylation is 1. The van der Waals surface area contributed by atoms with E-state index in [1.54, 1.807) is 4.68 Å². The quantitative estimate of drug-likeness (QED) is 0.809. The van der Waals surface area contributed by atoms with Crippen molar-refractivity contribution in [2.24, 2.45) is 12.8 Å². The SMILES string of the molecule is Cl.Cl.Cn1cc(N2CCCC(NC(=O)[C@@H]3CC[C@H](CN)O3)C2)cn1. The minimum absolute atomic E-state index is 0. The zero-order valence-electron chi connectivity index (χ0n) is 13.9. The Morgan fingerprint density at radius 2 is 2.21 bits per heavy atom. The van der Waals surface area contributed by atoms with E-state index in [-0.39, 0.29) is 49.0 Å². The van der Waals surface area contributed by atoms with Gasteiger partial charge in [-0.15, -0.1) is 24.8 Å². The molecule has 24 heavy (non-hydrogen) atoms. The van der Waals surface area contributed by atoms with Crippen LogP contribution in [0, 0.1) is 0 Å². The number of carbonyl (C=O) groups is 1. The highest BCUT2D eigenvalue weighted by Crippen LogP contribution is 2.21. The molecule has 7 nitrogen and oxygen atoms in total. The number of piperidine rings is 1. The lowest BCUT2D eigenvalue weighted by Gasteiger charge is -2.34. The molecule has 2 saturated heterocycles. The Bertz CT molecular complexity index is 528. The number of amides is 1. The van der Waals surface area contributed by atoms with Crippen molar-refractivity contribution in [3.63, 3.8) is 0 Å². The average molecular weight is 380 g/mol. The number of hydrogen-bond acceptors (Lipinski definition) is 5. The molecule has 3 atom stereocenters. The predicted octanol–water partition coefficient (Wildman–Crippen LogP) is 0.855. The van der Waals surface area contributed by atoms with Crippen molar-refractivity contribution < 1.29 is 9.53 Å². The molecular formula is C15H27Cl2N5O2. The van der Waals surface area contributed by atoms with Crippen molar-refractivity contribution in [3.05, 3.63) is 12.4 Å². The van der Waals surface area contributed by atoms with Gasteiger partial charge in [-0.1, -0.05) is 0 Å². The molecule has 1 aromatic rings. The van der Waals surface area contributed by atoms with Gasteiger partial charge >= 0.3 is 0 Å². The Hall–Kier alpha value is -1.02. The number of nitrogens with one attached hydrogen (secondary N) is 1. The largest absolute Gasteiger partial charge is 0.367 e. The molecule has 138 valence electrons. The van der Waals surface area contributed by atoms with Crippen LogP contribution in [0.5, 0.6) is 0 Å². The van der Waals surface area contributed by atoms with Gasteiger partial charge in [0.15, 0.2) is 0 Å². The summed E-state index contributed by atoms with van der Waals surface area (Å²) >= 11 is 0. The van der Waals surface area contributed by atoms with E-state index in [0.717, 1.165) is 44.5 Å². The third kappa shape index (κ3) is 4.99. The van der Waals surface area contributed by atoms with E-state index >= 15 is 0 Å². The smallest absolute Gasteiger partial charge is 0.249 e. The maximum atomic E-state index is 12.3. The van der Waals surface area contributed by atoms with Crippen LogP contribution in [0.25, 0.3) is 0 Å². The Morgan fingerprint density at radius 3 is 2.83 bits per heavy atom. The molecule has 3 heterocycles. The van der Waals surface area contributed by atoms with Gasteiger partial charge in [-0.25, -0.2) is 0 Å². The summed E-state index contributed by atoms with van der Waals surface area (Å²) < 4.78 is 7.47. The number of anilines is 1. The van der Waals surface area contributed by atoms with Gasteiger partial charge in [-0.3, -0.25) is 9.48 Å². The zero-order chi connectivity index (χ0) is 15.5. The van der Waals surface area contributed by atoms with Gasteiger partial charge in [-0.05, 0) is 25.7 Å². The second-order valence-electron chi connectivity index (χ2n) is 6.23. The molecule has 9 heteroatoms. The molecule has 1 aromatic heterocycles. The monoisotopic (exact) mass is 379 g/mol. The van der Waals surface area contributed by atoms with Crippen molar-refractivity contribution in [3.8, 4) is 0 Å². The van der Waals surface area contributed by atoms with Gasteiger partial charge < -0.3 is 20.7 Å². The van der Waals surface area contributed by atoms with E-state index < -0.39 is 0 Å². The fourth-order valence-electron chi connectivity index (χ4n) is 3.27. The van der Waals surface area contributed by atoms with Crippen LogP contribution < -0.4 is 16.0 Å². The molecule has 3 N–H and O–H groups in total. The second-order valence-corrected chi connectivity index (χ2v) is 6.23. The van der Waals surface area contributed by atoms with Crippen molar-refractivity contribution >= 4 is 36.4 Å². The summed E-state index contributed by atoms with van der Waals surface area (Å²) in [4.78, 5) is 14.6. The van der Waals surface area contributed by atoms with Gasteiger partial charge in [0.2, 0.25) is 5.91 Å². The number of nitrogens with zero attached hydrogens (tertiary/aromatic N) is 3. The molecule has 0 bridgehead atoms. The topological polar surface area (TPSA) is 85.4 Å². The van der Waals surface area contributed by atoms with E-state index in [0.29, 0.717) is 6.54 Å². The maximum absolute atomic E-state index is 12.3. The Morgan fingerprint density at radius 1 is 1.42 bits per heavy atom. The molecule has 0 aromatic carbocycles. The first-order valence-electron chi connectivity index (χ1n) is 8.05. The number of halogens is 2. The summed E-state index contributed by atoms with van der Waals surface area (Å²) in [5.41, 5.74) is 6.71. The minimum Gasteiger partial charge on any atom is -0.367 e. The number of nitrogens with two attached hydrogens (primary N) is 1. The van der Waals surface area contributed by atoms with Gasteiger partial charge in [-0.2, -0.15) is 5.10 Å². The van der Waals surface area contributed by atoms with Gasteiger partial charge in [0.25, 0.3) is 0 Å². The van der Waals surface area contributed by atoms with E-state index in [2.05, 4.69) is 15.3 Å². The van der Waals surface area contributed by atoms with Crippen LogP contribution >= 0.6 is 24.8 Å². The molecule has 2 aliphatic heterocycles. The van der Waals surface area contributed by atoms with E-state index in [9.17, 15) is 4.79 Å². The molecule has 3 rings (SSSR count). The van der Waals surface area contributed by atoms with Crippen molar-refractivity contribution in [2.75, 3.05) is 24.5 Å². The van der Waals surface area contributed by atoms with Crippen molar-refractivity contribution in [1.29, 1.82) is 0 Å². The van der Waals surface area contributed by atoms with Gasteiger partial charge in [0, 0.05) is 38.9 Å².